The Hall–Kier alpha value is -1.10. The number of hydrogen-bond donors (Lipinski definition) is 4. The fraction of sp³-hybridized carbons (Fsp3) is 0.308. The van der Waals surface area contributed by atoms with Crippen molar-refractivity contribution < 1.29 is 0 Å². The Kier molecular flexibility index (Phi) is 22.1. The van der Waals surface area contributed by atoms with E-state index in [0.717, 1.165) is 45.8 Å². The molecule has 222 valence electrons. The maximum atomic E-state index is 5.96. The SMILES string of the molecule is CN(C)CCN=C(N)NN=Cc1c2ccccc2c(C=NNC(N)=NCCN(C)C)c2ccccc12.I.I.I.I. The van der Waals surface area contributed by atoms with Crippen LogP contribution in [0.2, 0.25) is 0 Å². The van der Waals surface area contributed by atoms with Gasteiger partial charge >= 0.3 is 0 Å². The number of benzene rings is 3. The molecule has 0 amide bonds. The maximum absolute atomic E-state index is 5.96. The van der Waals surface area contributed by atoms with Crippen molar-refractivity contribution in [1.82, 2.24) is 20.7 Å². The summed E-state index contributed by atoms with van der Waals surface area (Å²) in [6, 6.07) is 16.3. The van der Waals surface area contributed by atoms with Crippen molar-refractivity contribution in [3.63, 3.8) is 0 Å². The number of likely N-dealkylation sites (N-methyl/N-ethyl adjacent to an activating group) is 2. The summed E-state index contributed by atoms with van der Waals surface area (Å²) in [6.07, 6.45) is 3.57. The van der Waals surface area contributed by atoms with Crippen molar-refractivity contribution in [3.8, 4) is 0 Å². The minimum atomic E-state index is 0. The molecule has 0 radical (unpaired) electrons. The number of hydrogen-bond acceptors (Lipinski definition) is 6. The second kappa shape index (κ2) is 21.6. The Balaban J connectivity index is 0. The molecule has 0 bridgehead atoms. The Morgan fingerprint density at radius 1 is 0.625 bits per heavy atom. The molecule has 6 N–H and O–H groups in total. The summed E-state index contributed by atoms with van der Waals surface area (Å²) in [5.74, 6) is 0.558. The molecule has 0 saturated heterocycles. The Morgan fingerprint density at radius 2 is 0.925 bits per heavy atom. The average molecular weight is 1000 g/mol. The third-order valence-electron chi connectivity index (χ3n) is 5.42. The lowest BCUT2D eigenvalue weighted by Crippen LogP contribution is -2.29. The van der Waals surface area contributed by atoms with Crippen LogP contribution in [0.1, 0.15) is 11.1 Å². The molecule has 14 heteroatoms. The van der Waals surface area contributed by atoms with E-state index in [0.29, 0.717) is 13.1 Å². The number of nitrogens with zero attached hydrogens (tertiary/aromatic N) is 6. The van der Waals surface area contributed by atoms with Crippen molar-refractivity contribution in [3.05, 3.63) is 59.7 Å². The molecule has 0 unspecified atom stereocenters. The summed E-state index contributed by atoms with van der Waals surface area (Å²) in [5.41, 5.74) is 19.5. The lowest BCUT2D eigenvalue weighted by Gasteiger charge is -2.12. The lowest BCUT2D eigenvalue weighted by atomic mass is 9.92. The van der Waals surface area contributed by atoms with Gasteiger partial charge in [0.2, 0.25) is 11.9 Å². The zero-order valence-electron chi connectivity index (χ0n) is 23.1. The normalized spacial score (nSPS) is 11.8. The van der Waals surface area contributed by atoms with Crippen LogP contribution in [0.5, 0.6) is 0 Å². The Bertz CT molecular complexity index is 1140. The van der Waals surface area contributed by atoms with Gasteiger partial charge in [-0.05, 0) is 49.7 Å². The highest BCUT2D eigenvalue weighted by Gasteiger charge is 2.11. The van der Waals surface area contributed by atoms with E-state index in [9.17, 15) is 0 Å². The molecule has 0 aromatic heterocycles. The van der Waals surface area contributed by atoms with Gasteiger partial charge in [-0.2, -0.15) is 10.2 Å². The number of nitrogens with two attached hydrogens (primary N) is 2. The van der Waals surface area contributed by atoms with Crippen LogP contribution in [0.25, 0.3) is 21.5 Å². The summed E-state index contributed by atoms with van der Waals surface area (Å²) < 4.78 is 0. The molecular formula is C26H40I4N10. The molecule has 3 aromatic rings. The molecule has 0 aliphatic carbocycles. The zero-order chi connectivity index (χ0) is 25.9. The summed E-state index contributed by atoms with van der Waals surface area (Å²) in [7, 11) is 7.97. The fourth-order valence-electron chi connectivity index (χ4n) is 3.61. The van der Waals surface area contributed by atoms with Crippen molar-refractivity contribution in [2.75, 3.05) is 54.4 Å². The number of halogens is 4. The van der Waals surface area contributed by atoms with Crippen molar-refractivity contribution in [1.29, 1.82) is 0 Å². The first-order valence-electron chi connectivity index (χ1n) is 11.8. The molecule has 0 aliphatic heterocycles. The van der Waals surface area contributed by atoms with E-state index in [1.54, 1.807) is 12.4 Å². The van der Waals surface area contributed by atoms with Crippen molar-refractivity contribution in [2.24, 2.45) is 31.7 Å². The summed E-state index contributed by atoms with van der Waals surface area (Å²) in [6.45, 7) is 2.82. The van der Waals surface area contributed by atoms with Gasteiger partial charge in [0.15, 0.2) is 0 Å². The lowest BCUT2D eigenvalue weighted by molar-refractivity contribution is 0.420. The molecule has 0 spiro atoms. The first-order valence-corrected chi connectivity index (χ1v) is 11.8. The van der Waals surface area contributed by atoms with Gasteiger partial charge in [-0.3, -0.25) is 9.98 Å². The molecule has 0 heterocycles. The van der Waals surface area contributed by atoms with E-state index in [1.165, 1.54) is 0 Å². The number of aliphatic imine (C=N–C) groups is 2. The largest absolute Gasteiger partial charge is 0.369 e. The zero-order valence-corrected chi connectivity index (χ0v) is 32.4. The van der Waals surface area contributed by atoms with Gasteiger partial charge in [0.25, 0.3) is 0 Å². The molecule has 0 atom stereocenters. The standard InChI is InChI=1S/C26H36N10.4HI/c1-35(2)15-13-29-25(27)33-31-17-23-19-9-5-7-11-21(19)24(22-12-8-6-10-20(22)23)18-32-34-26(28)30-14-16-36(3)4;;;;/h5-12,17-18H,13-16H2,1-4H3,(H3,27,29,33)(H3,28,30,34);4*1H. The molecule has 40 heavy (non-hydrogen) atoms. The molecule has 0 fully saturated rings. The highest BCUT2D eigenvalue weighted by Crippen LogP contribution is 2.31. The van der Waals surface area contributed by atoms with Crippen molar-refractivity contribution in [2.45, 2.75) is 0 Å². The number of hydrazone groups is 2. The highest BCUT2D eigenvalue weighted by molar-refractivity contribution is 14.0. The number of guanidine groups is 2. The predicted molar refractivity (Wildman–Crippen MR) is 215 cm³/mol. The number of rotatable bonds is 10. The van der Waals surface area contributed by atoms with Crippen LogP contribution >= 0.6 is 95.9 Å². The van der Waals surface area contributed by atoms with E-state index in [-0.39, 0.29) is 108 Å². The molecule has 0 saturated carbocycles. The Labute approximate surface area is 305 Å². The van der Waals surface area contributed by atoms with Gasteiger partial charge in [-0.15, -0.1) is 95.9 Å². The fourth-order valence-corrected chi connectivity index (χ4v) is 3.61. The van der Waals surface area contributed by atoms with Crippen LogP contribution < -0.4 is 22.3 Å². The third-order valence-corrected chi connectivity index (χ3v) is 5.42. The first kappa shape index (κ1) is 41.0. The van der Waals surface area contributed by atoms with Gasteiger partial charge < -0.3 is 21.3 Å². The molecule has 0 aliphatic rings. The Morgan fingerprint density at radius 3 is 1.20 bits per heavy atom. The van der Waals surface area contributed by atoms with E-state index >= 15 is 0 Å². The average Bonchev–Trinajstić information content (AvgIpc) is 2.84. The minimum Gasteiger partial charge on any atom is -0.369 e. The van der Waals surface area contributed by atoms with Crippen LogP contribution in [-0.2, 0) is 0 Å². The van der Waals surface area contributed by atoms with Gasteiger partial charge in [-0.1, -0.05) is 48.5 Å². The molecule has 3 rings (SSSR count). The molecule has 10 nitrogen and oxygen atoms in total. The van der Waals surface area contributed by atoms with E-state index in [1.807, 2.05) is 62.3 Å². The topological polar surface area (TPSA) is 132 Å². The number of nitrogens with one attached hydrogen (secondary N) is 2. The molecular weight excluding hydrogens is 960 g/mol. The summed E-state index contributed by atoms with van der Waals surface area (Å²) >= 11 is 0. The summed E-state index contributed by atoms with van der Waals surface area (Å²) in [4.78, 5) is 12.7. The second-order valence-electron chi connectivity index (χ2n) is 8.80. The van der Waals surface area contributed by atoms with Gasteiger partial charge in [0, 0.05) is 24.2 Å². The van der Waals surface area contributed by atoms with E-state index < -0.39 is 0 Å². The van der Waals surface area contributed by atoms with Crippen molar-refractivity contribution >= 4 is 142 Å². The van der Waals surface area contributed by atoms with E-state index in [4.69, 9.17) is 11.5 Å². The maximum Gasteiger partial charge on any atom is 0.209 e. The van der Waals surface area contributed by atoms with Crippen LogP contribution in [0.15, 0.2) is 68.7 Å². The highest BCUT2D eigenvalue weighted by atomic mass is 127. The number of fused-ring (bicyclic) bond motifs is 2. The summed E-state index contributed by atoms with van der Waals surface area (Å²) in [5, 5.41) is 12.9. The third kappa shape index (κ3) is 12.8. The van der Waals surface area contributed by atoms with Gasteiger partial charge in [-0.25, -0.2) is 10.9 Å². The van der Waals surface area contributed by atoms with E-state index in [2.05, 4.69) is 55.3 Å². The predicted octanol–water partition coefficient (Wildman–Crippen LogP) is 4.06. The first-order chi connectivity index (χ1) is 17.4. The molecule has 3 aromatic carbocycles. The van der Waals surface area contributed by atoms with Crippen LogP contribution in [-0.4, -0.2) is 88.5 Å². The second-order valence-corrected chi connectivity index (χ2v) is 8.80. The van der Waals surface area contributed by atoms with Gasteiger partial charge in [0.1, 0.15) is 0 Å². The van der Waals surface area contributed by atoms with Gasteiger partial charge in [0.05, 0.1) is 25.5 Å². The monoisotopic (exact) mass is 1000 g/mol. The van der Waals surface area contributed by atoms with Crippen LogP contribution in [0.3, 0.4) is 0 Å². The van der Waals surface area contributed by atoms with Crippen LogP contribution in [0, 0.1) is 0 Å². The smallest absolute Gasteiger partial charge is 0.209 e. The quantitative estimate of drug-likeness (QED) is 0.0798. The minimum absolute atomic E-state index is 0. The van der Waals surface area contributed by atoms with Crippen LogP contribution in [0.4, 0.5) is 0 Å².